The van der Waals surface area contributed by atoms with E-state index < -0.39 is 0 Å². The molecule has 0 saturated carbocycles. The molecule has 0 spiro atoms. The minimum atomic E-state index is -0.0945. The van der Waals surface area contributed by atoms with Gasteiger partial charge in [0.25, 0.3) is 0 Å². The number of anilines is 1. The van der Waals surface area contributed by atoms with Crippen molar-refractivity contribution >= 4 is 5.69 Å². The molecule has 0 aliphatic carbocycles. The second-order valence-corrected chi connectivity index (χ2v) is 5.68. The lowest BCUT2D eigenvalue weighted by Crippen LogP contribution is -2.43. The second kappa shape index (κ2) is 5.70. The van der Waals surface area contributed by atoms with Crippen LogP contribution in [-0.4, -0.2) is 26.2 Å². The van der Waals surface area contributed by atoms with Gasteiger partial charge in [-0.05, 0) is 43.5 Å². The summed E-state index contributed by atoms with van der Waals surface area (Å²) in [5, 5.41) is 3.47. The quantitative estimate of drug-likeness (QED) is 0.824. The van der Waals surface area contributed by atoms with Crippen LogP contribution in [0.25, 0.3) is 0 Å². The first-order valence-electron chi connectivity index (χ1n) is 6.78. The summed E-state index contributed by atoms with van der Waals surface area (Å²) < 4.78 is 14.1. The lowest BCUT2D eigenvalue weighted by molar-refractivity contribution is 0.407. The molecular formula is C15H23FN2. The van der Waals surface area contributed by atoms with Crippen LogP contribution >= 0.6 is 0 Å². The van der Waals surface area contributed by atoms with E-state index in [1.54, 1.807) is 12.1 Å². The summed E-state index contributed by atoms with van der Waals surface area (Å²) >= 11 is 0. The van der Waals surface area contributed by atoms with Gasteiger partial charge in [-0.2, -0.15) is 0 Å². The Kier molecular flexibility index (Phi) is 4.23. The van der Waals surface area contributed by atoms with Crippen molar-refractivity contribution in [1.82, 2.24) is 5.32 Å². The molecule has 100 valence electrons. The Bertz CT molecular complexity index is 373. The zero-order valence-corrected chi connectivity index (χ0v) is 11.5. The van der Waals surface area contributed by atoms with Gasteiger partial charge in [-0.15, -0.1) is 0 Å². The van der Waals surface area contributed by atoms with Crippen LogP contribution in [0.2, 0.25) is 0 Å². The van der Waals surface area contributed by atoms with Crippen molar-refractivity contribution in [3.8, 4) is 0 Å². The van der Waals surface area contributed by atoms with E-state index in [0.717, 1.165) is 37.4 Å². The van der Waals surface area contributed by atoms with E-state index in [1.807, 2.05) is 13.0 Å². The SMILES string of the molecule is Cc1cccc(F)c1N1CC(C)CNCC(C)C1. The molecule has 3 heteroatoms. The third-order valence-corrected chi connectivity index (χ3v) is 3.55. The predicted octanol–water partition coefficient (Wildman–Crippen LogP) is 2.82. The number of halogens is 1. The monoisotopic (exact) mass is 250 g/mol. The smallest absolute Gasteiger partial charge is 0.146 e. The zero-order chi connectivity index (χ0) is 13.1. The molecule has 1 aromatic carbocycles. The molecule has 2 atom stereocenters. The van der Waals surface area contributed by atoms with Crippen LogP contribution in [0.1, 0.15) is 19.4 Å². The third kappa shape index (κ3) is 3.02. The fourth-order valence-electron chi connectivity index (χ4n) is 2.74. The van der Waals surface area contributed by atoms with Gasteiger partial charge in [-0.3, -0.25) is 0 Å². The minimum Gasteiger partial charge on any atom is -0.368 e. The van der Waals surface area contributed by atoms with Crippen molar-refractivity contribution in [1.29, 1.82) is 0 Å². The van der Waals surface area contributed by atoms with E-state index in [4.69, 9.17) is 0 Å². The molecule has 2 rings (SSSR count). The summed E-state index contributed by atoms with van der Waals surface area (Å²) in [6.07, 6.45) is 0. The molecule has 1 fully saturated rings. The van der Waals surface area contributed by atoms with Crippen molar-refractivity contribution in [3.05, 3.63) is 29.6 Å². The number of aryl methyl sites for hydroxylation is 1. The Hall–Kier alpha value is -1.09. The van der Waals surface area contributed by atoms with Gasteiger partial charge in [0.15, 0.2) is 0 Å². The fraction of sp³-hybridized carbons (Fsp3) is 0.600. The lowest BCUT2D eigenvalue weighted by Gasteiger charge is -2.34. The summed E-state index contributed by atoms with van der Waals surface area (Å²) in [5.41, 5.74) is 1.82. The normalized spacial score (nSPS) is 25.7. The number of nitrogens with one attached hydrogen (secondary N) is 1. The highest BCUT2D eigenvalue weighted by Crippen LogP contribution is 2.26. The first-order chi connectivity index (χ1) is 8.58. The van der Waals surface area contributed by atoms with E-state index in [1.165, 1.54) is 0 Å². The first-order valence-corrected chi connectivity index (χ1v) is 6.78. The average Bonchev–Trinajstić information content (AvgIpc) is 2.26. The van der Waals surface area contributed by atoms with E-state index >= 15 is 0 Å². The van der Waals surface area contributed by atoms with Crippen molar-refractivity contribution < 1.29 is 4.39 Å². The maximum Gasteiger partial charge on any atom is 0.146 e. The fourth-order valence-corrected chi connectivity index (χ4v) is 2.74. The molecule has 0 bridgehead atoms. The number of para-hydroxylation sites is 1. The van der Waals surface area contributed by atoms with Crippen molar-refractivity contribution in [2.24, 2.45) is 11.8 Å². The van der Waals surface area contributed by atoms with Crippen LogP contribution in [0.4, 0.5) is 10.1 Å². The molecule has 2 nitrogen and oxygen atoms in total. The van der Waals surface area contributed by atoms with E-state index in [-0.39, 0.29) is 5.82 Å². The van der Waals surface area contributed by atoms with Crippen LogP contribution < -0.4 is 10.2 Å². The number of hydrogen-bond donors (Lipinski definition) is 1. The molecule has 1 aromatic rings. The first kappa shape index (κ1) is 13.3. The van der Waals surface area contributed by atoms with Gasteiger partial charge in [-0.25, -0.2) is 4.39 Å². The Morgan fingerprint density at radius 2 is 1.78 bits per heavy atom. The Balaban J connectivity index is 2.27. The molecule has 1 aliphatic heterocycles. The van der Waals surface area contributed by atoms with Crippen LogP contribution in [0.5, 0.6) is 0 Å². The molecule has 18 heavy (non-hydrogen) atoms. The Labute approximate surface area is 109 Å². The zero-order valence-electron chi connectivity index (χ0n) is 11.5. The summed E-state index contributed by atoms with van der Waals surface area (Å²) in [6, 6.07) is 5.34. The number of rotatable bonds is 1. The predicted molar refractivity (Wildman–Crippen MR) is 74.5 cm³/mol. The summed E-state index contributed by atoms with van der Waals surface area (Å²) in [7, 11) is 0. The number of benzene rings is 1. The van der Waals surface area contributed by atoms with Gasteiger partial charge in [0.05, 0.1) is 5.69 Å². The van der Waals surface area contributed by atoms with Crippen molar-refractivity contribution in [2.45, 2.75) is 20.8 Å². The maximum absolute atomic E-state index is 14.1. The summed E-state index contributed by atoms with van der Waals surface area (Å²) in [6.45, 7) is 10.3. The van der Waals surface area contributed by atoms with Crippen LogP contribution in [-0.2, 0) is 0 Å². The topological polar surface area (TPSA) is 15.3 Å². The highest BCUT2D eigenvalue weighted by atomic mass is 19.1. The second-order valence-electron chi connectivity index (χ2n) is 5.68. The maximum atomic E-state index is 14.1. The average molecular weight is 250 g/mol. The largest absolute Gasteiger partial charge is 0.368 e. The summed E-state index contributed by atoms with van der Waals surface area (Å²) in [5.74, 6) is 0.982. The van der Waals surface area contributed by atoms with Crippen molar-refractivity contribution in [2.75, 3.05) is 31.1 Å². The number of hydrogen-bond acceptors (Lipinski definition) is 2. The molecule has 1 saturated heterocycles. The molecular weight excluding hydrogens is 227 g/mol. The molecule has 0 radical (unpaired) electrons. The molecule has 1 heterocycles. The molecule has 0 aromatic heterocycles. The van der Waals surface area contributed by atoms with E-state index in [9.17, 15) is 4.39 Å². The highest BCUT2D eigenvalue weighted by Gasteiger charge is 2.21. The molecule has 2 unspecified atom stereocenters. The molecule has 0 amide bonds. The van der Waals surface area contributed by atoms with E-state index in [0.29, 0.717) is 11.8 Å². The minimum absolute atomic E-state index is 0.0945. The Morgan fingerprint density at radius 1 is 1.17 bits per heavy atom. The summed E-state index contributed by atoms with van der Waals surface area (Å²) in [4.78, 5) is 2.22. The molecule has 1 aliphatic rings. The highest BCUT2D eigenvalue weighted by molar-refractivity contribution is 5.54. The van der Waals surface area contributed by atoms with Crippen LogP contribution in [0.3, 0.4) is 0 Å². The lowest BCUT2D eigenvalue weighted by atomic mass is 10.0. The third-order valence-electron chi connectivity index (χ3n) is 3.55. The van der Waals surface area contributed by atoms with Gasteiger partial charge in [0.2, 0.25) is 0 Å². The standard InChI is InChI=1S/C15H23FN2/c1-11-7-17-8-12(2)10-18(9-11)15-13(3)5-4-6-14(15)16/h4-6,11-12,17H,7-10H2,1-3H3. The van der Waals surface area contributed by atoms with Crippen molar-refractivity contribution in [3.63, 3.8) is 0 Å². The van der Waals surface area contributed by atoms with Gasteiger partial charge in [-0.1, -0.05) is 26.0 Å². The van der Waals surface area contributed by atoms with Gasteiger partial charge in [0, 0.05) is 13.1 Å². The van der Waals surface area contributed by atoms with E-state index in [2.05, 4.69) is 24.1 Å². The van der Waals surface area contributed by atoms with Crippen LogP contribution in [0.15, 0.2) is 18.2 Å². The number of nitrogens with zero attached hydrogens (tertiary/aromatic N) is 1. The van der Waals surface area contributed by atoms with Crippen LogP contribution in [0, 0.1) is 24.6 Å². The van der Waals surface area contributed by atoms with Gasteiger partial charge >= 0.3 is 0 Å². The molecule has 1 N–H and O–H groups in total. The van der Waals surface area contributed by atoms with Gasteiger partial charge in [0.1, 0.15) is 5.82 Å². The van der Waals surface area contributed by atoms with Gasteiger partial charge < -0.3 is 10.2 Å². The Morgan fingerprint density at radius 3 is 2.33 bits per heavy atom.